The zero-order valence-corrected chi connectivity index (χ0v) is 31.2. The van der Waals surface area contributed by atoms with E-state index in [1.54, 1.807) is 0 Å². The van der Waals surface area contributed by atoms with Crippen LogP contribution in [0.3, 0.4) is 0 Å². The van der Waals surface area contributed by atoms with Gasteiger partial charge in [-0.15, -0.1) is 0 Å². The molecule has 0 N–H and O–H groups in total. The van der Waals surface area contributed by atoms with Crippen LogP contribution in [0.25, 0.3) is 0 Å². The van der Waals surface area contributed by atoms with E-state index in [-0.39, 0.29) is 51.7 Å². The fourth-order valence-corrected chi connectivity index (χ4v) is 8.19. The summed E-state index contributed by atoms with van der Waals surface area (Å²) in [6.07, 6.45) is 0. The predicted octanol–water partition coefficient (Wildman–Crippen LogP) is 7.07. The Morgan fingerprint density at radius 2 is 0.673 bits per heavy atom. The van der Waals surface area contributed by atoms with Crippen LogP contribution in [-0.4, -0.2) is 73.0 Å². The van der Waals surface area contributed by atoms with Crippen molar-refractivity contribution in [2.75, 3.05) is 19.8 Å². The van der Waals surface area contributed by atoms with Crippen LogP contribution in [-0.2, 0) is 14.2 Å². The maximum Gasteiger partial charge on any atom is 0.216 e. The summed E-state index contributed by atoms with van der Waals surface area (Å²) in [5, 5.41) is 0. The molecule has 6 aliphatic rings. The number of carbonyl (C=O) groups excluding carboxylic acids is 3. The summed E-state index contributed by atoms with van der Waals surface area (Å²) in [6, 6.07) is 10.7. The Hall–Kier alpha value is -4.92. The molecular weight excluding hydrogens is 654 g/mol. The number of carbonyl (C=O) groups is 3. The first kappa shape index (κ1) is 33.0. The topological polar surface area (TPSA) is 116 Å². The van der Waals surface area contributed by atoms with Gasteiger partial charge in [0.15, 0.2) is 17.3 Å². The molecule has 3 unspecified atom stereocenters. The number of benzene rings is 3. The quantitative estimate of drug-likeness (QED) is 0.195. The second-order valence-electron chi connectivity index (χ2n) is 18.3. The van der Waals surface area contributed by atoms with E-state index in [1.807, 2.05) is 36.4 Å². The molecule has 3 heterocycles. The lowest BCUT2D eigenvalue weighted by molar-refractivity contribution is 0.102. The summed E-state index contributed by atoms with van der Waals surface area (Å²) in [4.78, 5) is 59.0. The van der Waals surface area contributed by atoms with Gasteiger partial charge in [0.1, 0.15) is 19.8 Å². The maximum atomic E-state index is 14.7. The van der Waals surface area contributed by atoms with E-state index in [0.29, 0.717) is 104 Å². The number of rotatable bonds is 3. The van der Waals surface area contributed by atoms with Gasteiger partial charge in [-0.05, 0) is 69.3 Å². The van der Waals surface area contributed by atoms with Crippen LogP contribution < -0.4 is 0 Å². The molecule has 0 amide bonds. The summed E-state index contributed by atoms with van der Waals surface area (Å²) >= 11 is 0. The second kappa shape index (κ2) is 10.6. The fourth-order valence-electron chi connectivity index (χ4n) is 8.19. The van der Waals surface area contributed by atoms with Gasteiger partial charge >= 0.3 is 0 Å². The van der Waals surface area contributed by atoms with E-state index in [9.17, 15) is 14.4 Å². The molecule has 3 aliphatic carbocycles. The highest BCUT2D eigenvalue weighted by molar-refractivity contribution is 6.27. The first-order chi connectivity index (χ1) is 24.4. The Labute approximate surface area is 303 Å². The van der Waals surface area contributed by atoms with Gasteiger partial charge in [-0.1, -0.05) is 62.3 Å². The number of ether oxygens (including phenoxy) is 3. The Morgan fingerprint density at radius 3 is 0.865 bits per heavy atom. The van der Waals surface area contributed by atoms with E-state index in [1.165, 1.54) is 0 Å². The molecule has 3 aromatic carbocycles. The Morgan fingerprint density at radius 1 is 0.442 bits per heavy atom. The summed E-state index contributed by atoms with van der Waals surface area (Å²) in [7, 11) is 0. The molecule has 0 bridgehead atoms. The lowest BCUT2D eigenvalue weighted by atomic mass is 9.61. The third kappa shape index (κ3) is 4.73. The van der Waals surface area contributed by atoms with Crippen molar-refractivity contribution in [3.8, 4) is 0 Å². The maximum absolute atomic E-state index is 14.7. The molecule has 3 aromatic rings. The average molecular weight is 698 g/mol. The van der Waals surface area contributed by atoms with Crippen molar-refractivity contribution < 1.29 is 28.6 Å². The molecule has 0 aromatic heterocycles. The van der Waals surface area contributed by atoms with Gasteiger partial charge in [0.25, 0.3) is 0 Å². The number of hydrogen-bond donors (Lipinski definition) is 0. The van der Waals surface area contributed by atoms with Gasteiger partial charge in [-0.2, -0.15) is 0 Å². The van der Waals surface area contributed by atoms with Crippen molar-refractivity contribution in [3.05, 3.63) is 103 Å². The van der Waals surface area contributed by atoms with Crippen molar-refractivity contribution in [2.45, 2.75) is 86.4 Å². The Kier molecular flexibility index (Phi) is 6.70. The lowest BCUT2D eigenvalue weighted by Gasteiger charge is -2.39. The van der Waals surface area contributed by atoms with Crippen LogP contribution >= 0.6 is 0 Å². The first-order valence-corrected chi connectivity index (χ1v) is 18.2. The van der Waals surface area contributed by atoms with Crippen LogP contribution in [0.5, 0.6) is 0 Å². The number of nitrogens with zero attached hydrogens (tertiary/aromatic N) is 3. The molecule has 0 saturated heterocycles. The molecule has 0 fully saturated rings. The number of aliphatic imine (C=N–C) groups is 3. The lowest BCUT2D eigenvalue weighted by Crippen LogP contribution is -2.35. The summed E-state index contributed by atoms with van der Waals surface area (Å²) in [5.41, 5.74) is 5.76. The van der Waals surface area contributed by atoms with E-state index >= 15 is 0 Å². The highest BCUT2D eigenvalue weighted by atomic mass is 16.5. The summed E-state index contributed by atoms with van der Waals surface area (Å²) in [5.74, 6) is -0.00365. The molecule has 9 heteroatoms. The van der Waals surface area contributed by atoms with Gasteiger partial charge < -0.3 is 14.2 Å². The molecule has 0 spiro atoms. The minimum atomic E-state index is -0.499. The molecule has 9 rings (SSSR count). The van der Waals surface area contributed by atoms with Crippen molar-refractivity contribution in [1.29, 1.82) is 0 Å². The molecule has 9 nitrogen and oxygen atoms in total. The molecule has 0 radical (unpaired) electrons. The van der Waals surface area contributed by atoms with Crippen LogP contribution in [0, 0.1) is 16.2 Å². The average Bonchev–Trinajstić information content (AvgIpc) is 3.87. The van der Waals surface area contributed by atoms with E-state index in [0.717, 1.165) is 0 Å². The number of hydrogen-bond acceptors (Lipinski definition) is 9. The van der Waals surface area contributed by atoms with Gasteiger partial charge in [0.05, 0.1) is 18.1 Å². The number of ketones is 3. The van der Waals surface area contributed by atoms with Crippen molar-refractivity contribution in [3.63, 3.8) is 0 Å². The van der Waals surface area contributed by atoms with Gasteiger partial charge in [0, 0.05) is 56.0 Å². The zero-order chi connectivity index (χ0) is 36.8. The third-order valence-electron chi connectivity index (χ3n) is 11.6. The molecule has 3 atom stereocenters. The SMILES string of the molecule is CC(C)(C)C1COC(c2cc3c4c(c2)C(=O)c2cc(C5=NC(C(C)(C)C)CO5)cc5c2C4c2c(cc(C4=NC(C(C)(C)C)CO4)cc2C5=O)C3=O)=N1. The molecule has 3 aliphatic heterocycles. The minimum Gasteiger partial charge on any atom is -0.475 e. The minimum absolute atomic E-state index is 0.0736. The van der Waals surface area contributed by atoms with Crippen LogP contribution in [0.1, 0.15) is 149 Å². The van der Waals surface area contributed by atoms with Gasteiger partial charge in [0.2, 0.25) is 17.7 Å². The summed E-state index contributed by atoms with van der Waals surface area (Å²) < 4.78 is 18.4. The normalized spacial score (nSPS) is 24.2. The van der Waals surface area contributed by atoms with E-state index in [4.69, 9.17) is 29.2 Å². The van der Waals surface area contributed by atoms with E-state index < -0.39 is 5.92 Å². The third-order valence-corrected chi connectivity index (χ3v) is 11.6. The molecule has 52 heavy (non-hydrogen) atoms. The Bertz CT molecular complexity index is 1950. The van der Waals surface area contributed by atoms with Crippen molar-refractivity contribution >= 4 is 35.0 Å². The molecule has 266 valence electrons. The standard InChI is InChI=1S/C43H43N3O6/c1-41(2,3)28-16-50-38(44-28)19-10-22-31-23(11-19)36(48)25-13-21(40-46-30(18-52-40)43(7,8)9)15-27-33(25)34(31)32-24(35(22)47)12-20(14-26(32)37(27)49)39-45-29(17-51-39)42(4,5)6/h10-15,28-30,34H,16-18H2,1-9H3. The molecule has 0 saturated carbocycles. The van der Waals surface area contributed by atoms with Crippen LogP contribution in [0.15, 0.2) is 51.4 Å². The monoisotopic (exact) mass is 697 g/mol. The first-order valence-electron chi connectivity index (χ1n) is 18.2. The largest absolute Gasteiger partial charge is 0.475 e. The van der Waals surface area contributed by atoms with Crippen molar-refractivity contribution in [2.24, 2.45) is 31.2 Å². The van der Waals surface area contributed by atoms with Crippen LogP contribution in [0.2, 0.25) is 0 Å². The smallest absolute Gasteiger partial charge is 0.216 e. The molecular formula is C43H43N3O6. The van der Waals surface area contributed by atoms with Gasteiger partial charge in [-0.3, -0.25) is 14.4 Å². The van der Waals surface area contributed by atoms with Crippen molar-refractivity contribution in [1.82, 2.24) is 0 Å². The second-order valence-corrected chi connectivity index (χ2v) is 18.3. The van der Waals surface area contributed by atoms with E-state index in [2.05, 4.69) is 62.3 Å². The highest BCUT2D eigenvalue weighted by Gasteiger charge is 2.49. The van der Waals surface area contributed by atoms with Crippen LogP contribution in [0.4, 0.5) is 0 Å². The summed E-state index contributed by atoms with van der Waals surface area (Å²) in [6.45, 7) is 20.3. The fraction of sp³-hybridized carbons (Fsp3) is 0.442. The Balaban J connectivity index is 1.29. The van der Waals surface area contributed by atoms with Gasteiger partial charge in [-0.25, -0.2) is 15.0 Å². The predicted molar refractivity (Wildman–Crippen MR) is 198 cm³/mol. The highest BCUT2D eigenvalue weighted by Crippen LogP contribution is 2.53. The zero-order valence-electron chi connectivity index (χ0n) is 31.2.